The number of halogens is 1. The SMILES string of the molecule is Brc1ccc(C2CCCN2)nc1. The molecule has 1 atom stereocenters. The van der Waals surface area contributed by atoms with Crippen molar-refractivity contribution in [3.05, 3.63) is 28.5 Å². The molecule has 3 heteroatoms. The first-order valence-corrected chi connectivity index (χ1v) is 5.00. The molecule has 1 N–H and O–H groups in total. The predicted octanol–water partition coefficient (Wildman–Crippen LogP) is 2.27. The first-order chi connectivity index (χ1) is 5.86. The topological polar surface area (TPSA) is 24.9 Å². The predicted molar refractivity (Wildman–Crippen MR) is 51.9 cm³/mol. The summed E-state index contributed by atoms with van der Waals surface area (Å²) < 4.78 is 1.05. The normalized spacial score (nSPS) is 22.9. The van der Waals surface area contributed by atoms with Crippen LogP contribution in [0, 0.1) is 0 Å². The minimum atomic E-state index is 0.484. The molecule has 1 unspecified atom stereocenters. The summed E-state index contributed by atoms with van der Waals surface area (Å²) in [7, 11) is 0. The van der Waals surface area contributed by atoms with Gasteiger partial charge in [0.1, 0.15) is 0 Å². The van der Waals surface area contributed by atoms with Gasteiger partial charge in [-0.25, -0.2) is 0 Å². The van der Waals surface area contributed by atoms with Crippen LogP contribution in [0.4, 0.5) is 0 Å². The largest absolute Gasteiger partial charge is 0.309 e. The molecule has 2 heterocycles. The van der Waals surface area contributed by atoms with Gasteiger partial charge in [-0.2, -0.15) is 0 Å². The van der Waals surface area contributed by atoms with Gasteiger partial charge < -0.3 is 5.32 Å². The lowest BCUT2D eigenvalue weighted by atomic mass is 10.1. The standard InChI is InChI=1S/C9H11BrN2/c10-7-3-4-9(12-6-7)8-2-1-5-11-8/h3-4,6,8,11H,1-2,5H2. The van der Waals surface area contributed by atoms with Crippen molar-refractivity contribution in [2.75, 3.05) is 6.54 Å². The van der Waals surface area contributed by atoms with E-state index in [1.165, 1.54) is 12.8 Å². The average Bonchev–Trinajstić information content (AvgIpc) is 2.58. The van der Waals surface area contributed by atoms with Gasteiger partial charge in [-0.1, -0.05) is 0 Å². The Balaban J connectivity index is 2.17. The Morgan fingerprint density at radius 3 is 3.00 bits per heavy atom. The molecular weight excluding hydrogens is 216 g/mol. The van der Waals surface area contributed by atoms with Gasteiger partial charge in [0.05, 0.1) is 5.69 Å². The fraction of sp³-hybridized carbons (Fsp3) is 0.444. The molecule has 2 rings (SSSR count). The van der Waals surface area contributed by atoms with Crippen LogP contribution in [0.3, 0.4) is 0 Å². The van der Waals surface area contributed by atoms with Gasteiger partial charge >= 0.3 is 0 Å². The van der Waals surface area contributed by atoms with Crippen LogP contribution in [-0.2, 0) is 0 Å². The minimum absolute atomic E-state index is 0.484. The Bertz CT molecular complexity index is 252. The second-order valence-corrected chi connectivity index (χ2v) is 3.97. The maximum atomic E-state index is 4.35. The summed E-state index contributed by atoms with van der Waals surface area (Å²) in [5.74, 6) is 0. The van der Waals surface area contributed by atoms with Crippen LogP contribution in [-0.4, -0.2) is 11.5 Å². The number of pyridine rings is 1. The van der Waals surface area contributed by atoms with E-state index in [0.717, 1.165) is 16.7 Å². The van der Waals surface area contributed by atoms with Crippen molar-refractivity contribution >= 4 is 15.9 Å². The molecule has 0 amide bonds. The van der Waals surface area contributed by atoms with Crippen molar-refractivity contribution in [2.45, 2.75) is 18.9 Å². The zero-order chi connectivity index (χ0) is 8.39. The molecule has 0 spiro atoms. The highest BCUT2D eigenvalue weighted by Gasteiger charge is 2.16. The molecule has 1 aliphatic rings. The number of aromatic nitrogens is 1. The molecule has 0 radical (unpaired) electrons. The second kappa shape index (κ2) is 3.54. The Hall–Kier alpha value is -0.410. The van der Waals surface area contributed by atoms with Crippen molar-refractivity contribution in [1.29, 1.82) is 0 Å². The van der Waals surface area contributed by atoms with Crippen molar-refractivity contribution in [1.82, 2.24) is 10.3 Å². The highest BCUT2D eigenvalue weighted by atomic mass is 79.9. The Kier molecular flexibility index (Phi) is 2.42. The third kappa shape index (κ3) is 1.67. The number of nitrogens with one attached hydrogen (secondary N) is 1. The van der Waals surface area contributed by atoms with Crippen molar-refractivity contribution in [3.8, 4) is 0 Å². The molecule has 1 aromatic heterocycles. The zero-order valence-corrected chi connectivity index (χ0v) is 8.34. The quantitative estimate of drug-likeness (QED) is 0.795. The molecule has 1 saturated heterocycles. The zero-order valence-electron chi connectivity index (χ0n) is 6.76. The van der Waals surface area contributed by atoms with E-state index in [9.17, 15) is 0 Å². The molecule has 1 aromatic rings. The average molecular weight is 227 g/mol. The molecule has 0 aromatic carbocycles. The minimum Gasteiger partial charge on any atom is -0.309 e. The molecule has 2 nitrogen and oxygen atoms in total. The Morgan fingerprint density at radius 2 is 2.42 bits per heavy atom. The summed E-state index contributed by atoms with van der Waals surface area (Å²) in [6.45, 7) is 1.13. The van der Waals surface area contributed by atoms with Crippen LogP contribution in [0.5, 0.6) is 0 Å². The number of rotatable bonds is 1. The second-order valence-electron chi connectivity index (χ2n) is 3.05. The first kappa shape index (κ1) is 8.20. The van der Waals surface area contributed by atoms with E-state index in [0.29, 0.717) is 6.04 Å². The Labute approximate surface area is 80.5 Å². The summed E-state index contributed by atoms with van der Waals surface area (Å²) in [6.07, 6.45) is 4.34. The van der Waals surface area contributed by atoms with Gasteiger partial charge in [0.2, 0.25) is 0 Å². The molecular formula is C9H11BrN2. The third-order valence-corrected chi connectivity index (χ3v) is 2.64. The molecule has 1 aliphatic heterocycles. The molecule has 64 valence electrons. The van der Waals surface area contributed by atoms with Gasteiger partial charge in [-0.05, 0) is 47.4 Å². The monoisotopic (exact) mass is 226 g/mol. The van der Waals surface area contributed by atoms with Crippen LogP contribution in [0.1, 0.15) is 24.6 Å². The third-order valence-electron chi connectivity index (χ3n) is 2.17. The molecule has 1 fully saturated rings. The molecule has 0 aliphatic carbocycles. The lowest BCUT2D eigenvalue weighted by molar-refractivity contribution is 0.627. The van der Waals surface area contributed by atoms with Crippen LogP contribution in [0.2, 0.25) is 0 Å². The van der Waals surface area contributed by atoms with E-state index < -0.39 is 0 Å². The maximum absolute atomic E-state index is 4.35. The summed E-state index contributed by atoms with van der Waals surface area (Å²) >= 11 is 3.37. The highest BCUT2D eigenvalue weighted by Crippen LogP contribution is 2.21. The number of hydrogen-bond donors (Lipinski definition) is 1. The van der Waals surface area contributed by atoms with Gasteiger partial charge in [0, 0.05) is 16.7 Å². The lowest BCUT2D eigenvalue weighted by Crippen LogP contribution is -2.13. The van der Waals surface area contributed by atoms with Gasteiger partial charge in [0.25, 0.3) is 0 Å². The van der Waals surface area contributed by atoms with E-state index in [-0.39, 0.29) is 0 Å². The summed E-state index contributed by atoms with van der Waals surface area (Å²) in [5, 5.41) is 3.41. The molecule has 12 heavy (non-hydrogen) atoms. The molecule has 0 saturated carbocycles. The first-order valence-electron chi connectivity index (χ1n) is 4.21. The lowest BCUT2D eigenvalue weighted by Gasteiger charge is -2.08. The van der Waals surface area contributed by atoms with Crippen LogP contribution in [0.15, 0.2) is 22.8 Å². The van der Waals surface area contributed by atoms with Crippen LogP contribution >= 0.6 is 15.9 Å². The highest BCUT2D eigenvalue weighted by molar-refractivity contribution is 9.10. The van der Waals surface area contributed by atoms with Gasteiger partial charge in [-0.3, -0.25) is 4.98 Å². The maximum Gasteiger partial charge on any atom is 0.0574 e. The van der Waals surface area contributed by atoms with Gasteiger partial charge in [0.15, 0.2) is 0 Å². The van der Waals surface area contributed by atoms with Crippen molar-refractivity contribution < 1.29 is 0 Å². The van der Waals surface area contributed by atoms with E-state index in [2.05, 4.69) is 32.3 Å². The summed E-state index contributed by atoms with van der Waals surface area (Å²) in [5.41, 5.74) is 1.16. The smallest absolute Gasteiger partial charge is 0.0574 e. The van der Waals surface area contributed by atoms with Gasteiger partial charge in [-0.15, -0.1) is 0 Å². The summed E-state index contributed by atoms with van der Waals surface area (Å²) in [6, 6.07) is 4.60. The Morgan fingerprint density at radius 1 is 1.50 bits per heavy atom. The van der Waals surface area contributed by atoms with E-state index >= 15 is 0 Å². The molecule has 0 bridgehead atoms. The number of nitrogens with zero attached hydrogens (tertiary/aromatic N) is 1. The fourth-order valence-electron chi connectivity index (χ4n) is 1.53. The van der Waals surface area contributed by atoms with E-state index in [1.54, 1.807) is 0 Å². The number of hydrogen-bond acceptors (Lipinski definition) is 2. The summed E-state index contributed by atoms with van der Waals surface area (Å²) in [4.78, 5) is 4.35. The fourth-order valence-corrected chi connectivity index (χ4v) is 1.76. The van der Waals surface area contributed by atoms with E-state index in [1.807, 2.05) is 12.3 Å². The van der Waals surface area contributed by atoms with Crippen LogP contribution < -0.4 is 5.32 Å². The van der Waals surface area contributed by atoms with Crippen LogP contribution in [0.25, 0.3) is 0 Å². The van der Waals surface area contributed by atoms with E-state index in [4.69, 9.17) is 0 Å². The van der Waals surface area contributed by atoms with Crippen molar-refractivity contribution in [2.24, 2.45) is 0 Å². The van der Waals surface area contributed by atoms with Crippen molar-refractivity contribution in [3.63, 3.8) is 0 Å².